The molecular weight excluding hydrogens is 288 g/mol. The van der Waals surface area contributed by atoms with Crippen molar-refractivity contribution in [3.8, 4) is 22.2 Å². The van der Waals surface area contributed by atoms with Crippen LogP contribution in [0, 0.1) is 0 Å². The van der Waals surface area contributed by atoms with E-state index in [1.807, 2.05) is 30.3 Å². The molecule has 0 aliphatic carbocycles. The highest BCUT2D eigenvalue weighted by Crippen LogP contribution is 2.30. The molecule has 1 N–H and O–H groups in total. The highest BCUT2D eigenvalue weighted by Gasteiger charge is 2.19. The van der Waals surface area contributed by atoms with E-state index in [4.69, 9.17) is 4.42 Å². The summed E-state index contributed by atoms with van der Waals surface area (Å²) in [6.07, 6.45) is 3.30. The van der Waals surface area contributed by atoms with E-state index in [0.717, 1.165) is 10.7 Å². The number of imidazole rings is 1. The average molecular weight is 298 g/mol. The van der Waals surface area contributed by atoms with Crippen LogP contribution in [0.5, 0.6) is 0 Å². The van der Waals surface area contributed by atoms with Crippen molar-refractivity contribution in [1.82, 2.24) is 19.6 Å². The van der Waals surface area contributed by atoms with Gasteiger partial charge in [-0.3, -0.25) is 4.98 Å². The van der Waals surface area contributed by atoms with Crippen molar-refractivity contribution in [3.05, 3.63) is 48.5 Å². The Kier molecular flexibility index (Phi) is 2.80. The maximum absolute atomic E-state index is 9.66. The fraction of sp³-hybridized carbons (Fsp3) is 0.0714. The quantitative estimate of drug-likeness (QED) is 0.629. The van der Waals surface area contributed by atoms with Crippen molar-refractivity contribution >= 4 is 16.3 Å². The highest BCUT2D eigenvalue weighted by molar-refractivity contribution is 7.19. The summed E-state index contributed by atoms with van der Waals surface area (Å²) in [7, 11) is 0. The largest absolute Gasteiger partial charge is 0.462 e. The molecule has 0 saturated carbocycles. The van der Waals surface area contributed by atoms with E-state index in [0.29, 0.717) is 22.1 Å². The molecule has 4 aromatic heterocycles. The first-order valence-corrected chi connectivity index (χ1v) is 7.13. The number of pyridine rings is 1. The second-order valence-electron chi connectivity index (χ2n) is 4.36. The van der Waals surface area contributed by atoms with Gasteiger partial charge in [-0.2, -0.15) is 5.10 Å². The van der Waals surface area contributed by atoms with Gasteiger partial charge in [0.2, 0.25) is 4.96 Å². The number of aromatic nitrogens is 4. The fourth-order valence-electron chi connectivity index (χ4n) is 2.14. The maximum Gasteiger partial charge on any atom is 0.213 e. The number of aliphatic hydroxyl groups is 1. The molecule has 0 aliphatic rings. The predicted octanol–water partition coefficient (Wildman–Crippen LogP) is 2.61. The molecule has 0 aromatic carbocycles. The molecule has 0 saturated heterocycles. The van der Waals surface area contributed by atoms with Gasteiger partial charge in [-0.15, -0.1) is 0 Å². The lowest BCUT2D eigenvalue weighted by Crippen LogP contribution is -1.96. The Labute approximate surface area is 123 Å². The summed E-state index contributed by atoms with van der Waals surface area (Å²) >= 11 is 1.41. The van der Waals surface area contributed by atoms with Crippen LogP contribution < -0.4 is 0 Å². The molecule has 0 atom stereocenters. The number of nitrogens with zero attached hydrogens (tertiary/aromatic N) is 4. The zero-order valence-electron chi connectivity index (χ0n) is 10.8. The Balaban J connectivity index is 1.90. The minimum absolute atomic E-state index is 0.158. The third kappa shape index (κ3) is 1.94. The number of fused-ring (bicyclic) bond motifs is 1. The Morgan fingerprint density at radius 2 is 2.19 bits per heavy atom. The second-order valence-corrected chi connectivity index (χ2v) is 5.32. The minimum atomic E-state index is -0.158. The van der Waals surface area contributed by atoms with E-state index in [2.05, 4.69) is 15.1 Å². The molecule has 0 amide bonds. The summed E-state index contributed by atoms with van der Waals surface area (Å²) in [5.74, 6) is 0.689. The number of furan rings is 1. The highest BCUT2D eigenvalue weighted by atomic mass is 32.1. The van der Waals surface area contributed by atoms with Crippen molar-refractivity contribution in [2.24, 2.45) is 0 Å². The van der Waals surface area contributed by atoms with Gasteiger partial charge in [0.15, 0.2) is 10.8 Å². The van der Waals surface area contributed by atoms with Crippen molar-refractivity contribution in [1.29, 1.82) is 0 Å². The van der Waals surface area contributed by atoms with Gasteiger partial charge in [0.1, 0.15) is 5.69 Å². The number of hydrogen-bond donors (Lipinski definition) is 1. The Bertz CT molecular complexity index is 881. The van der Waals surface area contributed by atoms with E-state index in [1.165, 1.54) is 11.3 Å². The monoisotopic (exact) mass is 298 g/mol. The zero-order chi connectivity index (χ0) is 14.2. The smallest absolute Gasteiger partial charge is 0.213 e. The van der Waals surface area contributed by atoms with E-state index < -0.39 is 0 Å². The van der Waals surface area contributed by atoms with E-state index in [1.54, 1.807) is 17.0 Å². The molecule has 4 rings (SSSR count). The fourth-order valence-corrected chi connectivity index (χ4v) is 3.03. The van der Waals surface area contributed by atoms with Crippen molar-refractivity contribution in [3.63, 3.8) is 0 Å². The third-order valence-electron chi connectivity index (χ3n) is 3.09. The van der Waals surface area contributed by atoms with Gasteiger partial charge in [-0.05, 0) is 24.3 Å². The topological polar surface area (TPSA) is 76.5 Å². The standard InChI is InChI=1S/C14H10N4O2S/c19-8-10-12(9-4-1-2-6-15-9)16-14-18(10)17-13(21-14)11-5-3-7-20-11/h1-7,19H,8H2. The van der Waals surface area contributed by atoms with Crippen LogP contribution in [0.1, 0.15) is 5.69 Å². The SMILES string of the molecule is OCc1c(-c2ccccn2)nc2sc(-c3ccco3)nn12. The van der Waals surface area contributed by atoms with Gasteiger partial charge in [-0.1, -0.05) is 17.4 Å². The van der Waals surface area contributed by atoms with Crippen LogP contribution in [0.15, 0.2) is 47.2 Å². The Morgan fingerprint density at radius 1 is 1.24 bits per heavy atom. The van der Waals surface area contributed by atoms with E-state index in [9.17, 15) is 5.11 Å². The van der Waals surface area contributed by atoms with E-state index >= 15 is 0 Å². The van der Waals surface area contributed by atoms with Crippen LogP contribution in [0.25, 0.3) is 27.1 Å². The van der Waals surface area contributed by atoms with Gasteiger partial charge >= 0.3 is 0 Å². The lowest BCUT2D eigenvalue weighted by molar-refractivity contribution is 0.275. The summed E-state index contributed by atoms with van der Waals surface area (Å²) in [6, 6.07) is 9.24. The molecule has 0 bridgehead atoms. The first kappa shape index (κ1) is 12.2. The molecule has 6 nitrogen and oxygen atoms in total. The van der Waals surface area contributed by atoms with Crippen LogP contribution in [0.4, 0.5) is 0 Å². The molecular formula is C14H10N4O2S. The molecule has 0 spiro atoms. The lowest BCUT2D eigenvalue weighted by atomic mass is 10.2. The molecule has 0 aliphatic heterocycles. The second kappa shape index (κ2) is 4.80. The Morgan fingerprint density at radius 3 is 2.90 bits per heavy atom. The third-order valence-corrected chi connectivity index (χ3v) is 4.01. The Hall–Kier alpha value is -2.51. The van der Waals surface area contributed by atoms with Crippen LogP contribution in [0.3, 0.4) is 0 Å². The minimum Gasteiger partial charge on any atom is -0.462 e. The van der Waals surface area contributed by atoms with Crippen LogP contribution >= 0.6 is 11.3 Å². The molecule has 7 heteroatoms. The van der Waals surface area contributed by atoms with Crippen molar-refractivity contribution in [2.45, 2.75) is 6.61 Å². The van der Waals surface area contributed by atoms with Gasteiger partial charge in [0.05, 0.1) is 24.3 Å². The van der Waals surface area contributed by atoms with Gasteiger partial charge < -0.3 is 9.52 Å². The first-order chi connectivity index (χ1) is 10.4. The number of rotatable bonds is 3. The van der Waals surface area contributed by atoms with Gasteiger partial charge in [-0.25, -0.2) is 9.50 Å². The lowest BCUT2D eigenvalue weighted by Gasteiger charge is -1.99. The molecule has 0 radical (unpaired) electrons. The van der Waals surface area contributed by atoms with Crippen LogP contribution in [-0.4, -0.2) is 24.7 Å². The summed E-state index contributed by atoms with van der Waals surface area (Å²) in [6.45, 7) is -0.158. The number of aliphatic hydroxyl groups excluding tert-OH is 1. The molecule has 21 heavy (non-hydrogen) atoms. The van der Waals surface area contributed by atoms with Crippen molar-refractivity contribution in [2.75, 3.05) is 0 Å². The molecule has 4 aromatic rings. The summed E-state index contributed by atoms with van der Waals surface area (Å²) in [4.78, 5) is 9.52. The van der Waals surface area contributed by atoms with E-state index in [-0.39, 0.29) is 6.61 Å². The summed E-state index contributed by atoms with van der Waals surface area (Å²) in [5, 5.41) is 14.8. The first-order valence-electron chi connectivity index (χ1n) is 6.31. The predicted molar refractivity (Wildman–Crippen MR) is 77.7 cm³/mol. The summed E-state index contributed by atoms with van der Waals surface area (Å²) in [5.41, 5.74) is 2.00. The van der Waals surface area contributed by atoms with Crippen LogP contribution in [0.2, 0.25) is 0 Å². The molecule has 0 unspecified atom stereocenters. The van der Waals surface area contributed by atoms with Gasteiger partial charge in [0, 0.05) is 6.20 Å². The van der Waals surface area contributed by atoms with Gasteiger partial charge in [0.25, 0.3) is 0 Å². The average Bonchev–Trinajstić information content (AvgIpc) is 3.22. The maximum atomic E-state index is 9.66. The zero-order valence-corrected chi connectivity index (χ0v) is 11.6. The van der Waals surface area contributed by atoms with Crippen molar-refractivity contribution < 1.29 is 9.52 Å². The van der Waals surface area contributed by atoms with Crippen LogP contribution in [-0.2, 0) is 6.61 Å². The molecule has 0 fully saturated rings. The molecule has 104 valence electrons. The summed E-state index contributed by atoms with van der Waals surface area (Å²) < 4.78 is 6.98. The normalized spacial score (nSPS) is 11.3. The number of hydrogen-bond acceptors (Lipinski definition) is 6. The molecule has 4 heterocycles.